The average molecular weight is 442 g/mol. The molecule has 10 nitrogen and oxygen atoms in total. The van der Waals surface area contributed by atoms with E-state index in [0.717, 1.165) is 12.2 Å². The smallest absolute Gasteiger partial charge is 0.357 e. The van der Waals surface area contributed by atoms with Gasteiger partial charge in [-0.3, -0.25) is 0 Å². The zero-order valence-corrected chi connectivity index (χ0v) is 16.3. The van der Waals surface area contributed by atoms with Gasteiger partial charge in [-0.1, -0.05) is 13.2 Å². The largest absolute Gasteiger partial charge is 0.478 e. The fraction of sp³-hybridized carbons (Fsp3) is 0.429. The molecule has 0 aromatic rings. The van der Waals surface area contributed by atoms with Crippen LogP contribution in [0.3, 0.4) is 0 Å². The lowest BCUT2D eigenvalue weighted by Gasteiger charge is -2.30. The SMILES string of the molecule is C=CC(=O)OCCSC(O)(SC(O)(SCCOC(=O)C=C)C(=O)O)C(=O)O. The van der Waals surface area contributed by atoms with Crippen molar-refractivity contribution in [3.8, 4) is 0 Å². The van der Waals surface area contributed by atoms with Gasteiger partial charge in [0.15, 0.2) is 0 Å². The fourth-order valence-corrected chi connectivity index (χ4v) is 4.76. The average Bonchev–Trinajstić information content (AvgIpc) is 2.61. The number of aliphatic carboxylic acids is 2. The second kappa shape index (κ2) is 11.9. The topological polar surface area (TPSA) is 168 Å². The predicted octanol–water partition coefficient (Wildman–Crippen LogP) is 0.106. The number of ether oxygens (including phenoxy) is 2. The molecule has 0 aromatic carbocycles. The Morgan fingerprint density at radius 1 is 0.815 bits per heavy atom. The van der Waals surface area contributed by atoms with Gasteiger partial charge in [0.05, 0.1) is 0 Å². The third-order valence-corrected chi connectivity index (χ3v) is 6.38. The maximum Gasteiger partial charge on any atom is 0.357 e. The molecular weight excluding hydrogens is 424 g/mol. The minimum atomic E-state index is -2.75. The lowest BCUT2D eigenvalue weighted by molar-refractivity contribution is -0.145. The van der Waals surface area contributed by atoms with E-state index in [4.69, 9.17) is 0 Å². The Kier molecular flexibility index (Phi) is 11.2. The Morgan fingerprint density at radius 3 is 1.41 bits per heavy atom. The molecule has 4 N–H and O–H groups in total. The number of esters is 2. The number of hydrogen-bond donors (Lipinski definition) is 4. The van der Waals surface area contributed by atoms with E-state index in [1.807, 2.05) is 0 Å². The van der Waals surface area contributed by atoms with Gasteiger partial charge in [-0.25, -0.2) is 19.2 Å². The van der Waals surface area contributed by atoms with Crippen molar-refractivity contribution < 1.29 is 49.1 Å². The van der Waals surface area contributed by atoms with Crippen LogP contribution in [-0.2, 0) is 28.7 Å². The molecule has 0 saturated carbocycles. The first-order valence-electron chi connectivity index (χ1n) is 6.98. The summed E-state index contributed by atoms with van der Waals surface area (Å²) in [6, 6.07) is 0. The summed E-state index contributed by atoms with van der Waals surface area (Å²) in [6.07, 6.45) is 1.78. The number of hydrogen-bond acceptors (Lipinski definition) is 11. The molecule has 0 amide bonds. The van der Waals surface area contributed by atoms with E-state index in [9.17, 15) is 39.6 Å². The monoisotopic (exact) mass is 442 g/mol. The van der Waals surface area contributed by atoms with Crippen molar-refractivity contribution in [2.75, 3.05) is 24.7 Å². The molecule has 0 saturated heterocycles. The minimum Gasteiger partial charge on any atom is -0.478 e. The van der Waals surface area contributed by atoms with Gasteiger partial charge in [0.25, 0.3) is 8.53 Å². The Bertz CT molecular complexity index is 546. The highest BCUT2D eigenvalue weighted by Gasteiger charge is 2.50. The van der Waals surface area contributed by atoms with Crippen LogP contribution in [0.1, 0.15) is 0 Å². The van der Waals surface area contributed by atoms with Crippen LogP contribution in [-0.4, -0.2) is 77.6 Å². The number of carboxylic acids is 2. The number of rotatable bonds is 14. The summed E-state index contributed by atoms with van der Waals surface area (Å²) in [5, 5.41) is 38.8. The van der Waals surface area contributed by atoms with E-state index in [1.165, 1.54) is 0 Å². The summed E-state index contributed by atoms with van der Waals surface area (Å²) >= 11 is 0.554. The van der Waals surface area contributed by atoms with Gasteiger partial charge in [0.2, 0.25) is 0 Å². The van der Waals surface area contributed by atoms with Crippen molar-refractivity contribution in [2.24, 2.45) is 0 Å². The first kappa shape index (κ1) is 25.3. The first-order valence-corrected chi connectivity index (χ1v) is 9.77. The lowest BCUT2D eigenvalue weighted by Crippen LogP contribution is -2.42. The van der Waals surface area contributed by atoms with Crippen LogP contribution < -0.4 is 0 Å². The van der Waals surface area contributed by atoms with Crippen molar-refractivity contribution >= 4 is 59.2 Å². The maximum absolute atomic E-state index is 11.4. The zero-order chi connectivity index (χ0) is 21.1. The third-order valence-electron chi connectivity index (χ3n) is 2.40. The molecule has 0 heterocycles. The molecule has 0 fully saturated rings. The number of thioether (sulfide) groups is 3. The molecule has 0 aliphatic rings. The summed E-state index contributed by atoms with van der Waals surface area (Å²) < 4.78 is 3.75. The van der Waals surface area contributed by atoms with E-state index in [0.29, 0.717) is 23.5 Å². The standard InChI is InChI=1S/C14H18O10S3/c1-3-9(15)23-5-7-25-13(21,11(17)18)27-14(22,12(19)20)26-8-6-24-10(16)4-2/h3-4,21-22H,1-2,5-8H2,(H,17,18)(H,19,20). The molecular formula is C14H18O10S3. The highest BCUT2D eigenvalue weighted by Crippen LogP contribution is 2.47. The van der Waals surface area contributed by atoms with Crippen molar-refractivity contribution in [3.63, 3.8) is 0 Å². The van der Waals surface area contributed by atoms with Crippen molar-refractivity contribution in [1.29, 1.82) is 0 Å². The van der Waals surface area contributed by atoms with E-state index in [1.54, 1.807) is 0 Å². The predicted molar refractivity (Wildman–Crippen MR) is 100.0 cm³/mol. The number of carbonyl (C=O) groups excluding carboxylic acids is 2. The Labute approximate surface area is 167 Å². The molecule has 152 valence electrons. The molecule has 0 aromatic heterocycles. The van der Waals surface area contributed by atoms with Gasteiger partial charge in [0, 0.05) is 23.7 Å². The van der Waals surface area contributed by atoms with Crippen LogP contribution in [0.15, 0.2) is 25.3 Å². The highest BCUT2D eigenvalue weighted by molar-refractivity contribution is 8.26. The molecule has 0 bridgehead atoms. The summed E-state index contributed by atoms with van der Waals surface area (Å²) in [6.45, 7) is 5.79. The molecule has 0 aliphatic carbocycles. The van der Waals surface area contributed by atoms with Crippen molar-refractivity contribution in [3.05, 3.63) is 25.3 Å². The normalized spacial score (nSPS) is 14.9. The fourth-order valence-electron chi connectivity index (χ4n) is 1.22. The molecule has 13 heteroatoms. The van der Waals surface area contributed by atoms with E-state index in [2.05, 4.69) is 22.6 Å². The van der Waals surface area contributed by atoms with Crippen LogP contribution in [0.2, 0.25) is 0 Å². The lowest BCUT2D eigenvalue weighted by atomic mass is 10.6. The Morgan fingerprint density at radius 2 is 1.15 bits per heavy atom. The molecule has 0 aliphatic heterocycles. The van der Waals surface area contributed by atoms with Gasteiger partial charge in [0.1, 0.15) is 13.2 Å². The molecule has 0 spiro atoms. The van der Waals surface area contributed by atoms with E-state index < -0.39 is 32.4 Å². The zero-order valence-electron chi connectivity index (χ0n) is 13.9. The number of aliphatic hydroxyl groups is 2. The van der Waals surface area contributed by atoms with Crippen molar-refractivity contribution in [1.82, 2.24) is 0 Å². The van der Waals surface area contributed by atoms with Gasteiger partial charge in [-0.15, -0.1) is 23.5 Å². The van der Waals surface area contributed by atoms with Gasteiger partial charge in [-0.05, 0) is 11.8 Å². The van der Waals surface area contributed by atoms with Crippen LogP contribution in [0.4, 0.5) is 0 Å². The van der Waals surface area contributed by atoms with Crippen LogP contribution in [0.25, 0.3) is 0 Å². The maximum atomic E-state index is 11.4. The second-order valence-corrected chi connectivity index (χ2v) is 8.79. The van der Waals surface area contributed by atoms with Crippen LogP contribution in [0, 0.1) is 0 Å². The second-order valence-electron chi connectivity index (χ2n) is 4.32. The van der Waals surface area contributed by atoms with E-state index >= 15 is 0 Å². The highest BCUT2D eigenvalue weighted by atomic mass is 32.2. The molecule has 27 heavy (non-hydrogen) atoms. The summed E-state index contributed by atoms with van der Waals surface area (Å²) in [4.78, 5) is 44.5. The minimum absolute atomic E-state index is 0.143. The summed E-state index contributed by atoms with van der Waals surface area (Å²) in [5.74, 6) is -5.54. The Hall–Kier alpha value is -1.67. The Balaban J connectivity index is 4.93. The van der Waals surface area contributed by atoms with E-state index in [-0.39, 0.29) is 36.5 Å². The van der Waals surface area contributed by atoms with Gasteiger partial charge >= 0.3 is 23.9 Å². The summed E-state index contributed by atoms with van der Waals surface area (Å²) in [7, 11) is 0. The molecule has 2 unspecified atom stereocenters. The third kappa shape index (κ3) is 9.19. The van der Waals surface area contributed by atoms with Crippen LogP contribution in [0.5, 0.6) is 0 Å². The summed E-state index contributed by atoms with van der Waals surface area (Å²) in [5.41, 5.74) is 0. The molecule has 0 rings (SSSR count). The quantitative estimate of drug-likeness (QED) is 0.124. The first-order chi connectivity index (χ1) is 12.5. The molecule has 2 atom stereocenters. The number of carbonyl (C=O) groups is 4. The number of carboxylic acid groups (broad SMARTS) is 2. The van der Waals surface area contributed by atoms with Gasteiger partial charge < -0.3 is 29.9 Å². The van der Waals surface area contributed by atoms with Gasteiger partial charge in [-0.2, -0.15) is 0 Å². The van der Waals surface area contributed by atoms with Crippen LogP contribution >= 0.6 is 35.3 Å². The molecule has 0 radical (unpaired) electrons. The van der Waals surface area contributed by atoms with Crippen molar-refractivity contribution in [2.45, 2.75) is 8.53 Å².